The molecule has 2 unspecified atom stereocenters. The normalized spacial score (nSPS) is 18.3. The minimum atomic E-state index is -0.781. The highest BCUT2D eigenvalue weighted by Crippen LogP contribution is 2.19. The quantitative estimate of drug-likeness (QED) is 0.693. The van der Waals surface area contributed by atoms with Crippen molar-refractivity contribution < 1.29 is 9.59 Å². The molecule has 2 rings (SSSR count). The Kier molecular flexibility index (Phi) is 7.85. The molecule has 1 heterocycles. The summed E-state index contributed by atoms with van der Waals surface area (Å²) in [5, 5.41) is 6.01. The van der Waals surface area contributed by atoms with Crippen molar-refractivity contribution >= 4 is 40.2 Å². The van der Waals surface area contributed by atoms with Crippen molar-refractivity contribution in [2.24, 2.45) is 11.7 Å². The summed E-state index contributed by atoms with van der Waals surface area (Å²) in [6.45, 7) is 1.99. The molecule has 22 heavy (non-hydrogen) atoms. The Hall–Kier alpha value is -1.11. The first-order valence-electron chi connectivity index (χ1n) is 7.11. The standard InChI is InChI=1S/C15H20BrN3O2.ClH/c16-12-3-1-2-11(8-12)14(15(17)21)19-13(20)5-4-10-6-7-18-9-10;/h1-3,8,10,14,18H,4-7,9H2,(H2,17,21)(H,19,20);1H. The zero-order valence-corrected chi connectivity index (χ0v) is 14.6. The highest BCUT2D eigenvalue weighted by molar-refractivity contribution is 9.10. The maximum absolute atomic E-state index is 12.0. The summed E-state index contributed by atoms with van der Waals surface area (Å²) in [6, 6.07) is 6.46. The van der Waals surface area contributed by atoms with Gasteiger partial charge in [-0.3, -0.25) is 9.59 Å². The summed E-state index contributed by atoms with van der Waals surface area (Å²) in [6.07, 6.45) is 2.37. The maximum atomic E-state index is 12.0. The molecule has 0 aliphatic carbocycles. The molecule has 0 bridgehead atoms. The van der Waals surface area contributed by atoms with Crippen molar-refractivity contribution in [3.8, 4) is 0 Å². The van der Waals surface area contributed by atoms with Crippen LogP contribution in [0.15, 0.2) is 28.7 Å². The van der Waals surface area contributed by atoms with E-state index in [0.29, 0.717) is 17.9 Å². The lowest BCUT2D eigenvalue weighted by Crippen LogP contribution is -2.37. The van der Waals surface area contributed by atoms with E-state index in [1.165, 1.54) is 0 Å². The number of benzene rings is 1. The lowest BCUT2D eigenvalue weighted by Gasteiger charge is -2.17. The molecule has 0 aromatic heterocycles. The van der Waals surface area contributed by atoms with Gasteiger partial charge in [-0.1, -0.05) is 28.1 Å². The number of hydrogen-bond donors (Lipinski definition) is 3. The van der Waals surface area contributed by atoms with Gasteiger partial charge in [0, 0.05) is 10.9 Å². The number of nitrogens with one attached hydrogen (secondary N) is 2. The first-order chi connectivity index (χ1) is 10.1. The second-order valence-corrected chi connectivity index (χ2v) is 6.27. The summed E-state index contributed by atoms with van der Waals surface area (Å²) in [7, 11) is 0. The van der Waals surface area contributed by atoms with Crippen LogP contribution in [-0.2, 0) is 9.59 Å². The monoisotopic (exact) mass is 389 g/mol. The van der Waals surface area contributed by atoms with Crippen molar-refractivity contribution in [3.63, 3.8) is 0 Å². The van der Waals surface area contributed by atoms with Crippen LogP contribution in [0.1, 0.15) is 30.9 Å². The molecule has 1 aromatic carbocycles. The molecule has 7 heteroatoms. The second-order valence-electron chi connectivity index (χ2n) is 5.36. The molecule has 0 saturated carbocycles. The van der Waals surface area contributed by atoms with Crippen LogP contribution in [-0.4, -0.2) is 24.9 Å². The van der Waals surface area contributed by atoms with E-state index < -0.39 is 11.9 Å². The van der Waals surface area contributed by atoms with Gasteiger partial charge < -0.3 is 16.4 Å². The first kappa shape index (κ1) is 18.9. The summed E-state index contributed by atoms with van der Waals surface area (Å²) < 4.78 is 0.845. The van der Waals surface area contributed by atoms with Gasteiger partial charge in [0.05, 0.1) is 0 Å². The first-order valence-corrected chi connectivity index (χ1v) is 7.90. The second kappa shape index (κ2) is 9.12. The smallest absolute Gasteiger partial charge is 0.244 e. The van der Waals surface area contributed by atoms with E-state index >= 15 is 0 Å². The van der Waals surface area contributed by atoms with Crippen LogP contribution >= 0.6 is 28.3 Å². The SMILES string of the molecule is Cl.NC(=O)C(NC(=O)CCC1CCNC1)c1cccc(Br)c1. The third-order valence-electron chi connectivity index (χ3n) is 3.71. The Labute approximate surface area is 144 Å². The van der Waals surface area contributed by atoms with E-state index in [9.17, 15) is 9.59 Å². The molecule has 0 spiro atoms. The van der Waals surface area contributed by atoms with E-state index in [2.05, 4.69) is 26.6 Å². The van der Waals surface area contributed by atoms with Crippen molar-refractivity contribution in [2.45, 2.75) is 25.3 Å². The number of carbonyl (C=O) groups excluding carboxylic acids is 2. The Morgan fingerprint density at radius 3 is 2.82 bits per heavy atom. The molecule has 122 valence electrons. The van der Waals surface area contributed by atoms with Crippen LogP contribution < -0.4 is 16.4 Å². The van der Waals surface area contributed by atoms with Crippen LogP contribution in [0.3, 0.4) is 0 Å². The predicted molar refractivity (Wildman–Crippen MR) is 91.7 cm³/mol. The van der Waals surface area contributed by atoms with E-state index in [-0.39, 0.29) is 18.3 Å². The Bertz CT molecular complexity index is 521. The zero-order valence-electron chi connectivity index (χ0n) is 12.2. The highest BCUT2D eigenvalue weighted by Gasteiger charge is 2.21. The van der Waals surface area contributed by atoms with Gasteiger partial charge in [-0.05, 0) is 49.5 Å². The van der Waals surface area contributed by atoms with E-state index in [1.54, 1.807) is 12.1 Å². The van der Waals surface area contributed by atoms with Gasteiger partial charge in [0.1, 0.15) is 6.04 Å². The van der Waals surface area contributed by atoms with E-state index in [0.717, 1.165) is 30.4 Å². The highest BCUT2D eigenvalue weighted by atomic mass is 79.9. The van der Waals surface area contributed by atoms with Crippen molar-refractivity contribution in [1.82, 2.24) is 10.6 Å². The molecule has 4 N–H and O–H groups in total. The summed E-state index contributed by atoms with van der Waals surface area (Å²) in [5.41, 5.74) is 6.09. The minimum absolute atomic E-state index is 0. The molecule has 1 aliphatic rings. The van der Waals surface area contributed by atoms with Crippen molar-refractivity contribution in [3.05, 3.63) is 34.3 Å². The number of halogens is 2. The van der Waals surface area contributed by atoms with E-state index in [1.807, 2.05) is 12.1 Å². The van der Waals surface area contributed by atoms with Crippen LogP contribution in [0.5, 0.6) is 0 Å². The number of rotatable bonds is 6. The molecule has 2 atom stereocenters. The molecule has 1 aliphatic heterocycles. The molecular formula is C15H21BrClN3O2. The fraction of sp³-hybridized carbons (Fsp3) is 0.467. The topological polar surface area (TPSA) is 84.2 Å². The number of carbonyl (C=O) groups is 2. The predicted octanol–water partition coefficient (Wildman–Crippen LogP) is 1.90. The number of amides is 2. The Morgan fingerprint density at radius 1 is 1.45 bits per heavy atom. The van der Waals surface area contributed by atoms with Gasteiger partial charge in [-0.15, -0.1) is 12.4 Å². The number of primary amides is 1. The van der Waals surface area contributed by atoms with Crippen molar-refractivity contribution in [1.29, 1.82) is 0 Å². The molecule has 1 saturated heterocycles. The van der Waals surface area contributed by atoms with Gasteiger partial charge in [-0.2, -0.15) is 0 Å². The summed E-state index contributed by atoms with van der Waals surface area (Å²) >= 11 is 3.35. The molecule has 1 aromatic rings. The third kappa shape index (κ3) is 5.59. The van der Waals surface area contributed by atoms with Crippen molar-refractivity contribution in [2.75, 3.05) is 13.1 Å². The van der Waals surface area contributed by atoms with Crippen LogP contribution in [0.25, 0.3) is 0 Å². The van der Waals surface area contributed by atoms with Crippen LogP contribution in [0.2, 0.25) is 0 Å². The van der Waals surface area contributed by atoms with Crippen LogP contribution in [0.4, 0.5) is 0 Å². The Balaban J connectivity index is 0.00000242. The molecular weight excluding hydrogens is 370 g/mol. The van der Waals surface area contributed by atoms with Gasteiger partial charge in [-0.25, -0.2) is 0 Å². The fourth-order valence-corrected chi connectivity index (χ4v) is 2.95. The lowest BCUT2D eigenvalue weighted by atomic mass is 10.0. The van der Waals surface area contributed by atoms with E-state index in [4.69, 9.17) is 5.73 Å². The maximum Gasteiger partial charge on any atom is 0.244 e. The number of hydrogen-bond acceptors (Lipinski definition) is 3. The van der Waals surface area contributed by atoms with Gasteiger partial charge in [0.2, 0.25) is 11.8 Å². The van der Waals surface area contributed by atoms with Gasteiger partial charge >= 0.3 is 0 Å². The summed E-state index contributed by atoms with van der Waals surface area (Å²) in [4.78, 5) is 23.6. The third-order valence-corrected chi connectivity index (χ3v) is 4.21. The van der Waals surface area contributed by atoms with Gasteiger partial charge in [0.15, 0.2) is 0 Å². The number of nitrogens with two attached hydrogens (primary N) is 1. The molecule has 2 amide bonds. The average molecular weight is 391 g/mol. The molecule has 0 radical (unpaired) electrons. The average Bonchev–Trinajstić information content (AvgIpc) is 2.95. The Morgan fingerprint density at radius 2 is 2.23 bits per heavy atom. The fourth-order valence-electron chi connectivity index (χ4n) is 2.53. The summed E-state index contributed by atoms with van der Waals surface area (Å²) in [5.74, 6) is -0.136. The zero-order chi connectivity index (χ0) is 15.2. The minimum Gasteiger partial charge on any atom is -0.368 e. The lowest BCUT2D eigenvalue weighted by molar-refractivity contribution is -0.127. The van der Waals surface area contributed by atoms with Crippen LogP contribution in [0, 0.1) is 5.92 Å². The van der Waals surface area contributed by atoms with Gasteiger partial charge in [0.25, 0.3) is 0 Å². The molecule has 1 fully saturated rings. The largest absolute Gasteiger partial charge is 0.368 e. The molecule has 5 nitrogen and oxygen atoms in total.